The summed E-state index contributed by atoms with van der Waals surface area (Å²) in [4.78, 5) is 5.64. The Hall–Kier alpha value is -2.30. The highest BCUT2D eigenvalue weighted by molar-refractivity contribution is 7.98. The van der Waals surface area contributed by atoms with Gasteiger partial charge in [-0.05, 0) is 42.2 Å². The highest BCUT2D eigenvalue weighted by Crippen LogP contribution is 2.22. The molecule has 0 bridgehead atoms. The predicted octanol–water partition coefficient (Wildman–Crippen LogP) is 4.89. The van der Waals surface area contributed by atoms with Crippen LogP contribution in [0, 0.1) is 0 Å². The third-order valence-electron chi connectivity index (χ3n) is 3.61. The number of hydrogen-bond acceptors (Lipinski definition) is 4. The van der Waals surface area contributed by atoms with E-state index in [1.54, 1.807) is 18.0 Å². The number of aromatic nitrogens is 1. The Bertz CT molecular complexity index is 760. The van der Waals surface area contributed by atoms with E-state index < -0.39 is 0 Å². The number of hydrogen-bond donors (Lipinski definition) is 1. The van der Waals surface area contributed by atoms with Gasteiger partial charge >= 0.3 is 0 Å². The van der Waals surface area contributed by atoms with Crippen molar-refractivity contribution in [1.29, 1.82) is 0 Å². The zero-order chi connectivity index (χ0) is 16.6. The van der Waals surface area contributed by atoms with E-state index in [9.17, 15) is 0 Å². The molecule has 1 aromatic heterocycles. The van der Waals surface area contributed by atoms with Gasteiger partial charge in [0.05, 0.1) is 0 Å². The molecule has 0 saturated carbocycles. The number of nitrogens with zero attached hydrogens (tertiary/aromatic N) is 1. The van der Waals surface area contributed by atoms with Crippen molar-refractivity contribution in [1.82, 2.24) is 10.3 Å². The average molecular weight is 336 g/mol. The van der Waals surface area contributed by atoms with Gasteiger partial charge in [-0.1, -0.05) is 36.4 Å². The Kier molecular flexibility index (Phi) is 5.88. The van der Waals surface area contributed by atoms with Gasteiger partial charge in [0.25, 0.3) is 0 Å². The molecular formula is C20H20N2OS. The van der Waals surface area contributed by atoms with Crippen LogP contribution in [0.3, 0.4) is 0 Å². The normalized spacial score (nSPS) is 10.5. The van der Waals surface area contributed by atoms with E-state index in [1.807, 2.05) is 42.5 Å². The van der Waals surface area contributed by atoms with Crippen LogP contribution in [0.2, 0.25) is 0 Å². The molecular weight excluding hydrogens is 316 g/mol. The molecule has 0 radical (unpaired) electrons. The van der Waals surface area contributed by atoms with Crippen molar-refractivity contribution in [2.75, 3.05) is 6.26 Å². The van der Waals surface area contributed by atoms with Crippen molar-refractivity contribution in [3.8, 4) is 11.6 Å². The highest BCUT2D eigenvalue weighted by atomic mass is 32.2. The van der Waals surface area contributed by atoms with Gasteiger partial charge in [-0.2, -0.15) is 0 Å². The summed E-state index contributed by atoms with van der Waals surface area (Å²) in [5, 5.41) is 3.45. The first kappa shape index (κ1) is 16.6. The summed E-state index contributed by atoms with van der Waals surface area (Å²) in [5.74, 6) is 1.44. The topological polar surface area (TPSA) is 34.2 Å². The second-order valence-corrected chi connectivity index (χ2v) is 6.21. The van der Waals surface area contributed by atoms with Gasteiger partial charge in [0.1, 0.15) is 5.75 Å². The summed E-state index contributed by atoms with van der Waals surface area (Å²) >= 11 is 1.76. The Balaban J connectivity index is 1.60. The van der Waals surface area contributed by atoms with Crippen LogP contribution < -0.4 is 10.1 Å². The smallest absolute Gasteiger partial charge is 0.223 e. The largest absolute Gasteiger partial charge is 0.439 e. The van der Waals surface area contributed by atoms with Crippen LogP contribution in [0.4, 0.5) is 0 Å². The van der Waals surface area contributed by atoms with Gasteiger partial charge in [-0.25, -0.2) is 4.98 Å². The lowest BCUT2D eigenvalue weighted by atomic mass is 10.2. The van der Waals surface area contributed by atoms with Gasteiger partial charge in [0.15, 0.2) is 0 Å². The fourth-order valence-corrected chi connectivity index (χ4v) is 2.74. The van der Waals surface area contributed by atoms with E-state index in [-0.39, 0.29) is 0 Å². The van der Waals surface area contributed by atoms with E-state index in [0.717, 1.165) is 17.9 Å². The lowest BCUT2D eigenvalue weighted by molar-refractivity contribution is 0.453. The monoisotopic (exact) mass is 336 g/mol. The van der Waals surface area contributed by atoms with Crippen molar-refractivity contribution in [3.05, 3.63) is 84.1 Å². The van der Waals surface area contributed by atoms with Gasteiger partial charge < -0.3 is 10.1 Å². The number of pyridine rings is 1. The van der Waals surface area contributed by atoms with E-state index >= 15 is 0 Å². The SMILES string of the molecule is CSc1ccc(CNCc2cccnc2Oc2ccccc2)cc1. The molecule has 3 rings (SSSR count). The number of benzene rings is 2. The van der Waals surface area contributed by atoms with E-state index in [0.29, 0.717) is 12.4 Å². The van der Waals surface area contributed by atoms with Gasteiger partial charge in [0.2, 0.25) is 5.88 Å². The summed E-state index contributed by atoms with van der Waals surface area (Å²) in [6.45, 7) is 1.52. The first-order valence-electron chi connectivity index (χ1n) is 7.85. The van der Waals surface area contributed by atoms with Crippen molar-refractivity contribution >= 4 is 11.8 Å². The summed E-state index contributed by atoms with van der Waals surface area (Å²) < 4.78 is 5.89. The lowest BCUT2D eigenvalue weighted by Gasteiger charge is -2.11. The molecule has 4 heteroatoms. The molecule has 0 atom stereocenters. The van der Waals surface area contributed by atoms with Crippen LogP contribution >= 0.6 is 11.8 Å². The lowest BCUT2D eigenvalue weighted by Crippen LogP contribution is -2.13. The molecule has 3 aromatic rings. The van der Waals surface area contributed by atoms with Gasteiger partial charge in [-0.3, -0.25) is 0 Å². The minimum absolute atomic E-state index is 0.647. The summed E-state index contributed by atoms with van der Waals surface area (Å²) in [5.41, 5.74) is 2.31. The van der Waals surface area contributed by atoms with Crippen molar-refractivity contribution in [3.63, 3.8) is 0 Å². The number of thioether (sulfide) groups is 1. The van der Waals surface area contributed by atoms with Crippen LogP contribution in [-0.4, -0.2) is 11.2 Å². The Labute approximate surface area is 147 Å². The number of nitrogens with one attached hydrogen (secondary N) is 1. The third kappa shape index (κ3) is 4.60. The molecule has 0 spiro atoms. The van der Waals surface area contributed by atoms with Crippen molar-refractivity contribution in [2.45, 2.75) is 18.0 Å². The summed E-state index contributed by atoms with van der Waals surface area (Å²) in [6.07, 6.45) is 3.84. The molecule has 2 aromatic carbocycles. The maximum absolute atomic E-state index is 5.89. The Morgan fingerprint density at radius 1 is 0.917 bits per heavy atom. The van der Waals surface area contributed by atoms with E-state index in [1.165, 1.54) is 10.5 Å². The maximum atomic E-state index is 5.89. The molecule has 0 saturated heterocycles. The molecule has 1 heterocycles. The van der Waals surface area contributed by atoms with Crippen molar-refractivity contribution in [2.24, 2.45) is 0 Å². The van der Waals surface area contributed by atoms with Gasteiger partial charge in [-0.15, -0.1) is 11.8 Å². The molecule has 0 aliphatic rings. The number of para-hydroxylation sites is 1. The molecule has 0 aliphatic carbocycles. The second-order valence-electron chi connectivity index (χ2n) is 5.33. The zero-order valence-electron chi connectivity index (χ0n) is 13.6. The first-order valence-corrected chi connectivity index (χ1v) is 9.08. The molecule has 0 fully saturated rings. The van der Waals surface area contributed by atoms with Crippen LogP contribution in [0.5, 0.6) is 11.6 Å². The van der Waals surface area contributed by atoms with E-state index in [4.69, 9.17) is 4.74 Å². The fourth-order valence-electron chi connectivity index (χ4n) is 2.34. The minimum Gasteiger partial charge on any atom is -0.439 e. The van der Waals surface area contributed by atoms with Crippen LogP contribution in [0.15, 0.2) is 77.8 Å². The van der Waals surface area contributed by atoms with Crippen LogP contribution in [0.1, 0.15) is 11.1 Å². The number of ether oxygens (including phenoxy) is 1. The third-order valence-corrected chi connectivity index (χ3v) is 4.35. The molecule has 122 valence electrons. The van der Waals surface area contributed by atoms with E-state index in [2.05, 4.69) is 40.8 Å². The molecule has 0 unspecified atom stereocenters. The maximum Gasteiger partial charge on any atom is 0.223 e. The molecule has 0 amide bonds. The van der Waals surface area contributed by atoms with Gasteiger partial charge in [0, 0.05) is 29.7 Å². The highest BCUT2D eigenvalue weighted by Gasteiger charge is 2.05. The summed E-state index contributed by atoms with van der Waals surface area (Å²) in [6, 6.07) is 22.3. The zero-order valence-corrected chi connectivity index (χ0v) is 14.4. The average Bonchev–Trinajstić information content (AvgIpc) is 2.64. The van der Waals surface area contributed by atoms with Crippen LogP contribution in [0.25, 0.3) is 0 Å². The van der Waals surface area contributed by atoms with Crippen LogP contribution in [-0.2, 0) is 13.1 Å². The molecule has 24 heavy (non-hydrogen) atoms. The molecule has 3 nitrogen and oxygen atoms in total. The summed E-state index contributed by atoms with van der Waals surface area (Å²) in [7, 11) is 0. The number of rotatable bonds is 7. The quantitative estimate of drug-likeness (QED) is 0.623. The Morgan fingerprint density at radius 3 is 2.46 bits per heavy atom. The standard InChI is InChI=1S/C20H20N2OS/c1-24-19-11-9-16(10-12-19)14-21-15-17-6-5-13-22-20(17)23-18-7-3-2-4-8-18/h2-13,21H,14-15H2,1H3. The Morgan fingerprint density at radius 2 is 1.71 bits per heavy atom. The second kappa shape index (κ2) is 8.52. The molecule has 0 aliphatic heterocycles. The molecule has 1 N–H and O–H groups in total. The minimum atomic E-state index is 0.647. The van der Waals surface area contributed by atoms with Crippen molar-refractivity contribution < 1.29 is 4.74 Å². The fraction of sp³-hybridized carbons (Fsp3) is 0.150. The predicted molar refractivity (Wildman–Crippen MR) is 99.5 cm³/mol. The first-order chi connectivity index (χ1) is 11.8.